The molecular formula is C16H22N4O2. The van der Waals surface area contributed by atoms with Gasteiger partial charge in [-0.3, -0.25) is 4.68 Å². The third kappa shape index (κ3) is 4.33. The van der Waals surface area contributed by atoms with Crippen molar-refractivity contribution in [2.45, 2.75) is 26.0 Å². The molecule has 1 heterocycles. The van der Waals surface area contributed by atoms with Gasteiger partial charge in [0.25, 0.3) is 0 Å². The molecule has 118 valence electrons. The van der Waals surface area contributed by atoms with Crippen molar-refractivity contribution in [2.75, 3.05) is 6.54 Å². The molecule has 0 aliphatic heterocycles. The number of aromatic nitrogens is 2. The summed E-state index contributed by atoms with van der Waals surface area (Å²) < 4.78 is 1.77. The van der Waals surface area contributed by atoms with E-state index in [2.05, 4.69) is 15.7 Å². The molecule has 0 saturated heterocycles. The zero-order valence-electron chi connectivity index (χ0n) is 12.9. The maximum atomic E-state index is 11.7. The Morgan fingerprint density at radius 1 is 1.32 bits per heavy atom. The minimum absolute atomic E-state index is 0.247. The van der Waals surface area contributed by atoms with Gasteiger partial charge in [0.05, 0.1) is 12.3 Å². The van der Waals surface area contributed by atoms with Crippen LogP contribution in [0.4, 0.5) is 4.79 Å². The Balaban J connectivity index is 1.69. The summed E-state index contributed by atoms with van der Waals surface area (Å²) in [5, 5.41) is 19.6. The van der Waals surface area contributed by atoms with Crippen LogP contribution in [0.3, 0.4) is 0 Å². The standard InChI is InChI=1S/C16H22N4O2/c1-12-14(11-19-20(12)2)10-18-16(22)17-9-8-15(21)13-6-4-3-5-7-13/h3-7,11,15,21H,8-10H2,1-2H3,(H2,17,18,22). The number of carbonyl (C=O) groups is 1. The predicted octanol–water partition coefficient (Wildman–Crippen LogP) is 1.65. The van der Waals surface area contributed by atoms with Crippen LogP contribution >= 0.6 is 0 Å². The molecule has 6 nitrogen and oxygen atoms in total. The molecule has 22 heavy (non-hydrogen) atoms. The lowest BCUT2D eigenvalue weighted by Gasteiger charge is -2.12. The van der Waals surface area contributed by atoms with Crippen molar-refractivity contribution in [3.63, 3.8) is 0 Å². The van der Waals surface area contributed by atoms with Crippen LogP contribution in [0.1, 0.15) is 29.3 Å². The quantitative estimate of drug-likeness (QED) is 0.759. The molecule has 0 aliphatic rings. The Hall–Kier alpha value is -2.34. The largest absolute Gasteiger partial charge is 0.388 e. The fraction of sp³-hybridized carbons (Fsp3) is 0.375. The second-order valence-corrected chi connectivity index (χ2v) is 5.20. The summed E-state index contributed by atoms with van der Waals surface area (Å²) in [4.78, 5) is 11.7. The molecule has 2 rings (SSSR count). The van der Waals surface area contributed by atoms with Crippen LogP contribution < -0.4 is 10.6 Å². The second kappa shape index (κ2) is 7.61. The number of nitrogens with one attached hydrogen (secondary N) is 2. The SMILES string of the molecule is Cc1c(CNC(=O)NCCC(O)c2ccccc2)cnn1C. The monoisotopic (exact) mass is 302 g/mol. The molecule has 1 aromatic heterocycles. The lowest BCUT2D eigenvalue weighted by Crippen LogP contribution is -2.36. The van der Waals surface area contributed by atoms with Crippen molar-refractivity contribution in [3.8, 4) is 0 Å². The Morgan fingerprint density at radius 2 is 2.05 bits per heavy atom. The first-order valence-electron chi connectivity index (χ1n) is 7.30. The van der Waals surface area contributed by atoms with Gasteiger partial charge in [-0.25, -0.2) is 4.79 Å². The van der Waals surface area contributed by atoms with E-state index in [1.54, 1.807) is 10.9 Å². The summed E-state index contributed by atoms with van der Waals surface area (Å²) in [6.45, 7) is 2.80. The molecule has 2 amide bonds. The molecule has 0 saturated carbocycles. The smallest absolute Gasteiger partial charge is 0.315 e. The zero-order chi connectivity index (χ0) is 15.9. The van der Waals surface area contributed by atoms with E-state index in [0.717, 1.165) is 16.8 Å². The number of benzene rings is 1. The van der Waals surface area contributed by atoms with E-state index < -0.39 is 6.10 Å². The van der Waals surface area contributed by atoms with Crippen molar-refractivity contribution >= 4 is 6.03 Å². The van der Waals surface area contributed by atoms with E-state index in [1.807, 2.05) is 44.3 Å². The predicted molar refractivity (Wildman–Crippen MR) is 84.2 cm³/mol. The topological polar surface area (TPSA) is 79.2 Å². The van der Waals surface area contributed by atoms with Gasteiger partial charge >= 0.3 is 6.03 Å². The van der Waals surface area contributed by atoms with Crippen LogP contribution in [-0.2, 0) is 13.6 Å². The van der Waals surface area contributed by atoms with E-state index in [1.165, 1.54) is 0 Å². The highest BCUT2D eigenvalue weighted by Crippen LogP contribution is 2.14. The summed E-state index contributed by atoms with van der Waals surface area (Å²) >= 11 is 0. The van der Waals surface area contributed by atoms with Crippen LogP contribution in [0, 0.1) is 6.92 Å². The third-order valence-electron chi connectivity index (χ3n) is 3.66. The number of urea groups is 1. The van der Waals surface area contributed by atoms with Gasteiger partial charge in [0, 0.05) is 31.4 Å². The van der Waals surface area contributed by atoms with Crippen molar-refractivity contribution in [2.24, 2.45) is 7.05 Å². The van der Waals surface area contributed by atoms with E-state index in [9.17, 15) is 9.90 Å². The molecular weight excluding hydrogens is 280 g/mol. The van der Waals surface area contributed by atoms with Gasteiger partial charge in [0.2, 0.25) is 0 Å². The molecule has 0 fully saturated rings. The number of hydrogen-bond acceptors (Lipinski definition) is 3. The van der Waals surface area contributed by atoms with E-state index in [0.29, 0.717) is 19.5 Å². The van der Waals surface area contributed by atoms with Crippen molar-refractivity contribution in [3.05, 3.63) is 53.3 Å². The number of carbonyl (C=O) groups excluding carboxylic acids is 1. The molecule has 1 aromatic carbocycles. The van der Waals surface area contributed by atoms with E-state index >= 15 is 0 Å². The Bertz CT molecular complexity index is 610. The fourth-order valence-electron chi connectivity index (χ4n) is 2.12. The van der Waals surface area contributed by atoms with Crippen LogP contribution in [0.5, 0.6) is 0 Å². The first-order valence-corrected chi connectivity index (χ1v) is 7.30. The normalized spacial score (nSPS) is 12.0. The van der Waals surface area contributed by atoms with Crippen LogP contribution in [0.15, 0.2) is 36.5 Å². The molecule has 1 unspecified atom stereocenters. The summed E-state index contributed by atoms with van der Waals surface area (Å²) in [7, 11) is 1.86. The lowest BCUT2D eigenvalue weighted by molar-refractivity contribution is 0.167. The molecule has 1 atom stereocenters. The fourth-order valence-corrected chi connectivity index (χ4v) is 2.12. The van der Waals surface area contributed by atoms with Gasteiger partial charge in [-0.15, -0.1) is 0 Å². The summed E-state index contributed by atoms with van der Waals surface area (Å²) in [5.74, 6) is 0. The molecule has 0 bridgehead atoms. The van der Waals surface area contributed by atoms with Crippen molar-refractivity contribution in [1.29, 1.82) is 0 Å². The van der Waals surface area contributed by atoms with Crippen molar-refractivity contribution < 1.29 is 9.90 Å². The Morgan fingerprint density at radius 3 is 2.68 bits per heavy atom. The van der Waals surface area contributed by atoms with Crippen LogP contribution in [-0.4, -0.2) is 27.5 Å². The number of hydrogen-bond donors (Lipinski definition) is 3. The number of amides is 2. The number of aryl methyl sites for hydroxylation is 1. The number of aliphatic hydroxyl groups is 1. The van der Waals surface area contributed by atoms with Gasteiger partial charge in [-0.05, 0) is 18.9 Å². The van der Waals surface area contributed by atoms with Gasteiger partial charge in [-0.1, -0.05) is 30.3 Å². The van der Waals surface area contributed by atoms with Gasteiger partial charge in [0.1, 0.15) is 0 Å². The minimum Gasteiger partial charge on any atom is -0.388 e. The number of rotatable bonds is 6. The summed E-state index contributed by atoms with van der Waals surface area (Å²) in [6, 6.07) is 9.17. The first-order chi connectivity index (χ1) is 10.6. The van der Waals surface area contributed by atoms with Crippen molar-refractivity contribution in [1.82, 2.24) is 20.4 Å². The highest BCUT2D eigenvalue weighted by Gasteiger charge is 2.08. The average molecular weight is 302 g/mol. The Kier molecular flexibility index (Phi) is 5.55. The maximum absolute atomic E-state index is 11.7. The van der Waals surface area contributed by atoms with Crippen LogP contribution in [0.2, 0.25) is 0 Å². The van der Waals surface area contributed by atoms with E-state index in [-0.39, 0.29) is 6.03 Å². The molecule has 0 radical (unpaired) electrons. The summed E-state index contributed by atoms with van der Waals surface area (Å²) in [6.07, 6.45) is 1.65. The van der Waals surface area contributed by atoms with Gasteiger partial charge in [-0.2, -0.15) is 5.10 Å². The molecule has 2 aromatic rings. The highest BCUT2D eigenvalue weighted by atomic mass is 16.3. The molecule has 0 aliphatic carbocycles. The molecule has 6 heteroatoms. The average Bonchev–Trinajstić information content (AvgIpc) is 2.85. The molecule has 3 N–H and O–H groups in total. The van der Waals surface area contributed by atoms with E-state index in [4.69, 9.17) is 0 Å². The summed E-state index contributed by atoms with van der Waals surface area (Å²) in [5.41, 5.74) is 2.87. The number of aliphatic hydroxyl groups excluding tert-OH is 1. The third-order valence-corrected chi connectivity index (χ3v) is 3.66. The first kappa shape index (κ1) is 16.0. The maximum Gasteiger partial charge on any atom is 0.315 e. The lowest BCUT2D eigenvalue weighted by atomic mass is 10.1. The second-order valence-electron chi connectivity index (χ2n) is 5.20. The van der Waals surface area contributed by atoms with Gasteiger partial charge in [0.15, 0.2) is 0 Å². The van der Waals surface area contributed by atoms with Crippen LogP contribution in [0.25, 0.3) is 0 Å². The Labute approximate surface area is 130 Å². The highest BCUT2D eigenvalue weighted by molar-refractivity contribution is 5.73. The number of nitrogens with zero attached hydrogens (tertiary/aromatic N) is 2. The molecule has 0 spiro atoms. The van der Waals surface area contributed by atoms with Gasteiger partial charge < -0.3 is 15.7 Å². The zero-order valence-corrected chi connectivity index (χ0v) is 12.9. The minimum atomic E-state index is -0.568.